The SMILES string of the molecule is Cc1nc(C(F)F)c(C(N)=O)cc1I. The van der Waals surface area contributed by atoms with Crippen molar-refractivity contribution in [2.24, 2.45) is 5.73 Å². The third-order valence-electron chi connectivity index (χ3n) is 1.65. The van der Waals surface area contributed by atoms with E-state index in [9.17, 15) is 13.6 Å². The van der Waals surface area contributed by atoms with Crippen molar-refractivity contribution < 1.29 is 13.6 Å². The Labute approximate surface area is 92.8 Å². The van der Waals surface area contributed by atoms with Gasteiger partial charge < -0.3 is 5.73 Å². The lowest BCUT2D eigenvalue weighted by Gasteiger charge is -2.07. The average molecular weight is 312 g/mol. The number of hydrogen-bond acceptors (Lipinski definition) is 2. The first-order valence-electron chi connectivity index (χ1n) is 3.68. The van der Waals surface area contributed by atoms with E-state index < -0.39 is 18.0 Å². The molecule has 1 aromatic rings. The Morgan fingerprint density at radius 1 is 1.64 bits per heavy atom. The lowest BCUT2D eigenvalue weighted by Crippen LogP contribution is -2.16. The molecule has 0 atom stereocenters. The molecule has 0 aromatic carbocycles. The highest BCUT2D eigenvalue weighted by Crippen LogP contribution is 2.23. The van der Waals surface area contributed by atoms with E-state index >= 15 is 0 Å². The molecule has 1 amide bonds. The van der Waals surface area contributed by atoms with Crippen molar-refractivity contribution in [2.45, 2.75) is 13.3 Å². The summed E-state index contributed by atoms with van der Waals surface area (Å²) in [6.45, 7) is 1.60. The molecule has 1 aromatic heterocycles. The summed E-state index contributed by atoms with van der Waals surface area (Å²) in [5.74, 6) is -0.884. The maximum Gasteiger partial charge on any atom is 0.281 e. The van der Waals surface area contributed by atoms with E-state index in [2.05, 4.69) is 4.98 Å². The molecule has 0 saturated carbocycles. The van der Waals surface area contributed by atoms with E-state index in [0.29, 0.717) is 9.26 Å². The van der Waals surface area contributed by atoms with Gasteiger partial charge in [0.05, 0.1) is 11.3 Å². The Hall–Kier alpha value is -0.790. The number of alkyl halides is 2. The fourth-order valence-electron chi connectivity index (χ4n) is 0.963. The number of aromatic nitrogens is 1. The third-order valence-corrected chi connectivity index (χ3v) is 2.74. The van der Waals surface area contributed by atoms with Crippen LogP contribution in [0.4, 0.5) is 8.78 Å². The summed E-state index contributed by atoms with van der Waals surface area (Å²) in [5.41, 5.74) is 4.66. The van der Waals surface area contributed by atoms with Crippen molar-refractivity contribution in [1.82, 2.24) is 4.98 Å². The molecule has 6 heteroatoms. The van der Waals surface area contributed by atoms with Gasteiger partial charge in [0.2, 0.25) is 0 Å². The summed E-state index contributed by atoms with van der Waals surface area (Å²) in [6, 6.07) is 1.33. The molecule has 0 fully saturated rings. The quantitative estimate of drug-likeness (QED) is 0.850. The van der Waals surface area contributed by atoms with Crippen LogP contribution >= 0.6 is 22.6 Å². The van der Waals surface area contributed by atoms with Gasteiger partial charge >= 0.3 is 0 Å². The number of aryl methyl sites for hydroxylation is 1. The zero-order valence-electron chi connectivity index (χ0n) is 7.22. The van der Waals surface area contributed by atoms with Crippen LogP contribution in [0.2, 0.25) is 0 Å². The molecule has 0 saturated heterocycles. The molecule has 0 aliphatic carbocycles. The van der Waals surface area contributed by atoms with Gasteiger partial charge in [-0.3, -0.25) is 9.78 Å². The molecule has 2 N–H and O–H groups in total. The van der Waals surface area contributed by atoms with Crippen molar-refractivity contribution in [3.05, 3.63) is 26.6 Å². The smallest absolute Gasteiger partial charge is 0.281 e. The molecule has 0 radical (unpaired) electrons. The minimum atomic E-state index is -2.78. The zero-order valence-corrected chi connectivity index (χ0v) is 9.38. The van der Waals surface area contributed by atoms with Crippen molar-refractivity contribution in [2.75, 3.05) is 0 Å². The van der Waals surface area contributed by atoms with E-state index in [1.165, 1.54) is 6.07 Å². The number of nitrogens with zero attached hydrogens (tertiary/aromatic N) is 1. The number of primary amides is 1. The Kier molecular flexibility index (Phi) is 3.35. The van der Waals surface area contributed by atoms with Gasteiger partial charge in [-0.25, -0.2) is 8.78 Å². The highest BCUT2D eigenvalue weighted by atomic mass is 127. The molecule has 14 heavy (non-hydrogen) atoms. The third kappa shape index (κ3) is 2.17. The highest BCUT2D eigenvalue weighted by Gasteiger charge is 2.19. The van der Waals surface area contributed by atoms with Crippen molar-refractivity contribution in [3.63, 3.8) is 0 Å². The molecule has 76 valence electrons. The summed E-state index contributed by atoms with van der Waals surface area (Å²) >= 11 is 1.91. The molecule has 0 spiro atoms. The Morgan fingerprint density at radius 2 is 2.21 bits per heavy atom. The van der Waals surface area contributed by atoms with Crippen LogP contribution in [0.1, 0.15) is 28.2 Å². The largest absolute Gasteiger partial charge is 0.366 e. The molecule has 0 bridgehead atoms. The van der Waals surface area contributed by atoms with Gasteiger partial charge in [-0.05, 0) is 35.6 Å². The summed E-state index contributed by atoms with van der Waals surface area (Å²) in [7, 11) is 0. The van der Waals surface area contributed by atoms with Gasteiger partial charge in [0, 0.05) is 3.57 Å². The van der Waals surface area contributed by atoms with E-state index in [-0.39, 0.29) is 5.56 Å². The van der Waals surface area contributed by atoms with E-state index in [1.807, 2.05) is 22.6 Å². The Morgan fingerprint density at radius 3 is 2.64 bits per heavy atom. The topological polar surface area (TPSA) is 56.0 Å². The van der Waals surface area contributed by atoms with E-state index in [0.717, 1.165) is 0 Å². The van der Waals surface area contributed by atoms with Crippen LogP contribution in [0.15, 0.2) is 6.07 Å². The molecule has 1 heterocycles. The van der Waals surface area contributed by atoms with Gasteiger partial charge in [-0.2, -0.15) is 0 Å². The van der Waals surface area contributed by atoms with Crippen LogP contribution in [0, 0.1) is 10.5 Å². The molecular weight excluding hydrogens is 305 g/mol. The van der Waals surface area contributed by atoms with E-state index in [4.69, 9.17) is 5.73 Å². The number of halogens is 3. The molecular formula is C8H7F2IN2O. The van der Waals surface area contributed by atoms with Crippen LogP contribution in [-0.4, -0.2) is 10.9 Å². The predicted molar refractivity (Wildman–Crippen MR) is 55.2 cm³/mol. The summed E-state index contributed by atoms with van der Waals surface area (Å²) < 4.78 is 25.5. The van der Waals surface area contributed by atoms with Crippen molar-refractivity contribution in [3.8, 4) is 0 Å². The normalized spacial score (nSPS) is 10.6. The number of carbonyl (C=O) groups is 1. The minimum Gasteiger partial charge on any atom is -0.366 e. The van der Waals surface area contributed by atoms with Gasteiger partial charge in [0.15, 0.2) is 0 Å². The minimum absolute atomic E-state index is 0.213. The number of carbonyl (C=O) groups excluding carboxylic acids is 1. The van der Waals surface area contributed by atoms with Crippen molar-refractivity contribution in [1.29, 1.82) is 0 Å². The van der Waals surface area contributed by atoms with Crippen molar-refractivity contribution >= 4 is 28.5 Å². The standard InChI is InChI=1S/C8H7F2IN2O/c1-3-5(11)2-4(8(12)14)6(13-3)7(9)10/h2,7H,1H3,(H2,12,14). The van der Waals surface area contributed by atoms with Crippen LogP contribution < -0.4 is 5.73 Å². The Balaban J connectivity index is 3.39. The molecule has 0 unspecified atom stereocenters. The number of rotatable bonds is 2. The van der Waals surface area contributed by atoms with Gasteiger partial charge in [0.1, 0.15) is 5.69 Å². The fraction of sp³-hybridized carbons (Fsp3) is 0.250. The zero-order chi connectivity index (χ0) is 10.9. The first-order chi connectivity index (χ1) is 6.43. The summed E-state index contributed by atoms with van der Waals surface area (Å²) in [6.07, 6.45) is -2.78. The van der Waals surface area contributed by atoms with Crippen LogP contribution in [0.25, 0.3) is 0 Å². The van der Waals surface area contributed by atoms with Crippen LogP contribution in [0.5, 0.6) is 0 Å². The fourth-order valence-corrected chi connectivity index (χ4v) is 1.40. The van der Waals surface area contributed by atoms with Crippen LogP contribution in [0.3, 0.4) is 0 Å². The number of hydrogen-bond donors (Lipinski definition) is 1. The van der Waals surface area contributed by atoms with E-state index in [1.54, 1.807) is 6.92 Å². The monoisotopic (exact) mass is 312 g/mol. The van der Waals surface area contributed by atoms with Crippen LogP contribution in [-0.2, 0) is 0 Å². The maximum absolute atomic E-state index is 12.4. The second kappa shape index (κ2) is 4.16. The number of amides is 1. The molecule has 0 aliphatic heterocycles. The first-order valence-corrected chi connectivity index (χ1v) is 4.76. The average Bonchev–Trinajstić information content (AvgIpc) is 2.08. The van der Waals surface area contributed by atoms with Gasteiger partial charge in [-0.15, -0.1) is 0 Å². The van der Waals surface area contributed by atoms with Gasteiger partial charge in [-0.1, -0.05) is 0 Å². The van der Waals surface area contributed by atoms with Gasteiger partial charge in [0.25, 0.3) is 12.3 Å². The predicted octanol–water partition coefficient (Wildman–Crippen LogP) is 2.03. The second-order valence-corrected chi connectivity index (χ2v) is 3.82. The number of nitrogens with two attached hydrogens (primary N) is 1. The lowest BCUT2D eigenvalue weighted by atomic mass is 10.1. The second-order valence-electron chi connectivity index (χ2n) is 2.65. The highest BCUT2D eigenvalue weighted by molar-refractivity contribution is 14.1. The Bertz CT molecular complexity index is 382. The first kappa shape index (κ1) is 11.3. The lowest BCUT2D eigenvalue weighted by molar-refractivity contribution is 0.0982. The summed E-state index contributed by atoms with van der Waals surface area (Å²) in [4.78, 5) is 14.5. The molecule has 3 nitrogen and oxygen atoms in total. The summed E-state index contributed by atoms with van der Waals surface area (Å²) in [5, 5.41) is 0. The molecule has 1 rings (SSSR count). The maximum atomic E-state index is 12.4. The number of pyridine rings is 1. The molecule has 0 aliphatic rings.